The molecule has 2 N–H and O–H groups in total. The lowest BCUT2D eigenvalue weighted by Gasteiger charge is -2.10. The van der Waals surface area contributed by atoms with Crippen molar-refractivity contribution in [2.75, 3.05) is 12.3 Å². The van der Waals surface area contributed by atoms with Crippen LogP contribution in [0.2, 0.25) is 15.2 Å². The van der Waals surface area contributed by atoms with Crippen LogP contribution in [0, 0.1) is 13.8 Å². The Bertz CT molecular complexity index is 1130. The number of hydrogen-bond donors (Lipinski definition) is 1. The number of nitrogens with zero attached hydrogens (tertiary/aromatic N) is 2. The third kappa shape index (κ3) is 4.46. The maximum absolute atomic E-state index is 12.7. The van der Waals surface area contributed by atoms with Crippen molar-refractivity contribution < 1.29 is 14.3 Å². The van der Waals surface area contributed by atoms with E-state index in [1.165, 1.54) is 0 Å². The van der Waals surface area contributed by atoms with Crippen molar-refractivity contribution in [3.8, 4) is 0 Å². The predicted molar refractivity (Wildman–Crippen MR) is 118 cm³/mol. The van der Waals surface area contributed by atoms with E-state index in [9.17, 15) is 9.59 Å². The van der Waals surface area contributed by atoms with E-state index in [1.807, 2.05) is 48.7 Å². The van der Waals surface area contributed by atoms with Crippen LogP contribution in [0.1, 0.15) is 37.8 Å². The average molecular weight is 467 g/mol. The van der Waals surface area contributed by atoms with Crippen molar-refractivity contribution in [1.29, 1.82) is 0 Å². The zero-order valence-electron chi connectivity index (χ0n) is 16.2. The molecule has 0 saturated heterocycles. The molecule has 0 aliphatic rings. The minimum Gasteiger partial charge on any atom is -0.453 e. The fraction of sp³-hybridized carbons (Fsp3) is 0.190. The van der Waals surface area contributed by atoms with E-state index in [0.29, 0.717) is 12.1 Å². The molecule has 3 rings (SSSR count). The summed E-state index contributed by atoms with van der Waals surface area (Å²) in [7, 11) is 0. The summed E-state index contributed by atoms with van der Waals surface area (Å²) in [6, 6.07) is 11.7. The second kappa shape index (κ2) is 9.08. The van der Waals surface area contributed by atoms with Crippen molar-refractivity contribution >= 4 is 52.2 Å². The van der Waals surface area contributed by atoms with Crippen molar-refractivity contribution in [3.63, 3.8) is 0 Å². The van der Waals surface area contributed by atoms with Crippen LogP contribution >= 0.6 is 34.8 Å². The van der Waals surface area contributed by atoms with E-state index in [1.54, 1.807) is 6.07 Å². The predicted octanol–water partition coefficient (Wildman–Crippen LogP) is 5.13. The van der Waals surface area contributed by atoms with Crippen LogP contribution in [0.4, 0.5) is 5.69 Å². The molecule has 0 amide bonds. The zero-order valence-corrected chi connectivity index (χ0v) is 18.5. The third-order valence-electron chi connectivity index (χ3n) is 4.66. The molecule has 0 saturated carbocycles. The molecule has 2 heterocycles. The van der Waals surface area contributed by atoms with Gasteiger partial charge in [0.2, 0.25) is 5.78 Å². The van der Waals surface area contributed by atoms with Crippen LogP contribution in [-0.2, 0) is 11.3 Å². The third-order valence-corrected chi connectivity index (χ3v) is 5.79. The second-order valence-electron chi connectivity index (χ2n) is 6.65. The molecule has 1 aromatic carbocycles. The summed E-state index contributed by atoms with van der Waals surface area (Å²) < 4.78 is 7.13. The molecule has 0 unspecified atom stereocenters. The van der Waals surface area contributed by atoms with Gasteiger partial charge in [0, 0.05) is 23.5 Å². The second-order valence-corrected chi connectivity index (χ2v) is 7.76. The first-order chi connectivity index (χ1) is 14.2. The number of rotatable bonds is 6. The topological polar surface area (TPSA) is 87.2 Å². The first-order valence-electron chi connectivity index (χ1n) is 8.91. The molecule has 0 spiro atoms. The van der Waals surface area contributed by atoms with Crippen LogP contribution < -0.4 is 5.73 Å². The number of nitrogen functional groups attached to an aromatic ring is 1. The molecule has 6 nitrogen and oxygen atoms in total. The molecule has 9 heteroatoms. The SMILES string of the molecule is Cc1cc(C(=O)COC(=O)c2nc(Cl)c(Cl)c(N)c2Cl)c(C)n1Cc1ccccc1. The van der Waals surface area contributed by atoms with Crippen molar-refractivity contribution in [1.82, 2.24) is 9.55 Å². The maximum atomic E-state index is 12.7. The van der Waals surface area contributed by atoms with Gasteiger partial charge in [0.05, 0.1) is 10.7 Å². The maximum Gasteiger partial charge on any atom is 0.359 e. The van der Waals surface area contributed by atoms with E-state index in [0.717, 1.165) is 17.0 Å². The van der Waals surface area contributed by atoms with Crippen LogP contribution in [0.3, 0.4) is 0 Å². The molecular formula is C21H18Cl3N3O3. The van der Waals surface area contributed by atoms with E-state index >= 15 is 0 Å². The Morgan fingerprint density at radius 1 is 1.10 bits per heavy atom. The minimum atomic E-state index is -0.920. The highest BCUT2D eigenvalue weighted by Crippen LogP contribution is 2.34. The van der Waals surface area contributed by atoms with Gasteiger partial charge in [-0.05, 0) is 25.5 Å². The molecule has 3 aromatic rings. The van der Waals surface area contributed by atoms with Gasteiger partial charge in [-0.2, -0.15) is 0 Å². The number of carbonyl (C=O) groups excluding carboxylic acids is 2. The number of aryl methyl sites for hydroxylation is 1. The fourth-order valence-electron chi connectivity index (χ4n) is 3.04. The molecule has 2 aromatic heterocycles. The molecule has 0 atom stereocenters. The van der Waals surface area contributed by atoms with Crippen molar-refractivity contribution in [2.24, 2.45) is 0 Å². The number of carbonyl (C=O) groups is 2. The number of nitrogens with two attached hydrogens (primary N) is 1. The van der Waals surface area contributed by atoms with E-state index in [-0.39, 0.29) is 32.4 Å². The summed E-state index contributed by atoms with van der Waals surface area (Å²) in [5.41, 5.74) is 8.62. The van der Waals surface area contributed by atoms with Gasteiger partial charge in [-0.25, -0.2) is 9.78 Å². The Kier molecular flexibility index (Phi) is 6.71. The number of pyridine rings is 1. The van der Waals surface area contributed by atoms with Crippen LogP contribution in [-0.4, -0.2) is 27.9 Å². The number of Topliss-reactive ketones (excluding diaryl/α,β-unsaturated/α-hetero) is 1. The summed E-state index contributed by atoms with van der Waals surface area (Å²) in [6.07, 6.45) is 0. The highest BCUT2D eigenvalue weighted by molar-refractivity contribution is 6.46. The molecular weight excluding hydrogens is 449 g/mol. The number of benzene rings is 1. The summed E-state index contributed by atoms with van der Waals surface area (Å²) in [6.45, 7) is 3.92. The first-order valence-corrected chi connectivity index (χ1v) is 10.0. The van der Waals surface area contributed by atoms with Gasteiger partial charge in [0.1, 0.15) is 5.02 Å². The Morgan fingerprint density at radius 3 is 2.43 bits per heavy atom. The molecule has 156 valence electrons. The summed E-state index contributed by atoms with van der Waals surface area (Å²) in [5, 5.41) is -0.413. The molecule has 0 aliphatic heterocycles. The molecule has 30 heavy (non-hydrogen) atoms. The van der Waals surface area contributed by atoms with Gasteiger partial charge in [-0.15, -0.1) is 0 Å². The number of esters is 1. The Morgan fingerprint density at radius 2 is 1.77 bits per heavy atom. The number of hydrogen-bond acceptors (Lipinski definition) is 5. The average Bonchev–Trinajstić information content (AvgIpc) is 3.02. The number of aromatic nitrogens is 2. The summed E-state index contributed by atoms with van der Waals surface area (Å²) in [5.74, 6) is -1.27. The lowest BCUT2D eigenvalue weighted by molar-refractivity contribution is 0.0469. The van der Waals surface area contributed by atoms with Crippen molar-refractivity contribution in [2.45, 2.75) is 20.4 Å². The number of ketones is 1. The number of ether oxygens (including phenoxy) is 1. The first kappa shape index (κ1) is 22.2. The van der Waals surface area contributed by atoms with E-state index in [4.69, 9.17) is 45.3 Å². The quantitative estimate of drug-likeness (QED) is 0.309. The summed E-state index contributed by atoms with van der Waals surface area (Å²) >= 11 is 17.7. The van der Waals surface area contributed by atoms with Crippen LogP contribution in [0.25, 0.3) is 0 Å². The van der Waals surface area contributed by atoms with E-state index in [2.05, 4.69) is 4.98 Å². The molecule has 0 fully saturated rings. The zero-order chi connectivity index (χ0) is 22.0. The minimum absolute atomic E-state index is 0.0554. The Labute approximate surface area is 188 Å². The van der Waals surface area contributed by atoms with Crippen molar-refractivity contribution in [3.05, 3.63) is 79.8 Å². The highest BCUT2D eigenvalue weighted by atomic mass is 35.5. The van der Waals surface area contributed by atoms with Gasteiger partial charge in [-0.3, -0.25) is 4.79 Å². The van der Waals surface area contributed by atoms with Gasteiger partial charge < -0.3 is 15.0 Å². The lowest BCUT2D eigenvalue weighted by atomic mass is 10.1. The van der Waals surface area contributed by atoms with Gasteiger partial charge in [-0.1, -0.05) is 65.1 Å². The number of halogens is 3. The monoisotopic (exact) mass is 465 g/mol. The smallest absolute Gasteiger partial charge is 0.359 e. The lowest BCUT2D eigenvalue weighted by Crippen LogP contribution is -2.17. The number of anilines is 1. The van der Waals surface area contributed by atoms with Crippen LogP contribution in [0.5, 0.6) is 0 Å². The normalized spacial score (nSPS) is 10.8. The van der Waals surface area contributed by atoms with Gasteiger partial charge >= 0.3 is 5.97 Å². The highest BCUT2D eigenvalue weighted by Gasteiger charge is 2.23. The van der Waals surface area contributed by atoms with Gasteiger partial charge in [0.15, 0.2) is 17.5 Å². The van der Waals surface area contributed by atoms with E-state index < -0.39 is 12.6 Å². The van der Waals surface area contributed by atoms with Gasteiger partial charge in [0.25, 0.3) is 0 Å². The Hall–Kier alpha value is -2.54. The van der Waals surface area contributed by atoms with Crippen LogP contribution in [0.15, 0.2) is 36.4 Å². The summed E-state index contributed by atoms with van der Waals surface area (Å²) in [4.78, 5) is 28.8. The largest absolute Gasteiger partial charge is 0.453 e. The molecule has 0 bridgehead atoms. The molecule has 0 aliphatic carbocycles. The fourth-order valence-corrected chi connectivity index (χ4v) is 3.62. The Balaban J connectivity index is 1.74. The standard InChI is InChI=1S/C21H18Cl3N3O3/c1-11-8-14(12(2)27(11)9-13-6-4-3-5-7-13)15(28)10-30-21(29)19-16(22)18(25)17(23)20(24)26-19/h3-8H,9-10H2,1-2H3,(H2,25,26). The molecule has 0 radical (unpaired) electrons.